The Morgan fingerprint density at radius 3 is 2.00 bits per heavy atom. The van der Waals surface area contributed by atoms with Crippen molar-refractivity contribution in [1.82, 2.24) is 5.48 Å². The third-order valence-corrected chi connectivity index (χ3v) is 4.67. The quantitative estimate of drug-likeness (QED) is 0.434. The third-order valence-electron chi connectivity index (χ3n) is 4.36. The maximum absolute atomic E-state index is 12.9. The number of halogens is 4. The van der Waals surface area contributed by atoms with Crippen LogP contribution in [0.15, 0.2) is 72.8 Å². The fourth-order valence-corrected chi connectivity index (χ4v) is 3.29. The summed E-state index contributed by atoms with van der Waals surface area (Å²) in [4.78, 5) is 12.2. The Labute approximate surface area is 164 Å². The molecule has 0 aliphatic carbocycles. The number of nitrogens with one attached hydrogen (secondary N) is 1. The highest BCUT2D eigenvalue weighted by molar-refractivity contribution is 6.31. The summed E-state index contributed by atoms with van der Waals surface area (Å²) < 4.78 is 38.6. The summed E-state index contributed by atoms with van der Waals surface area (Å²) in [6.07, 6.45) is -4.51. The molecule has 28 heavy (non-hydrogen) atoms. The molecule has 0 saturated heterocycles. The Kier molecular flexibility index (Phi) is 5.72. The molecule has 3 aromatic rings. The van der Waals surface area contributed by atoms with Crippen molar-refractivity contribution in [1.29, 1.82) is 0 Å². The second kappa shape index (κ2) is 8.04. The summed E-state index contributed by atoms with van der Waals surface area (Å²) in [6.45, 7) is 0. The molecule has 1 amide bonds. The average Bonchev–Trinajstić information content (AvgIpc) is 2.68. The lowest BCUT2D eigenvalue weighted by Crippen LogP contribution is -2.27. The molecule has 0 aliphatic rings. The minimum atomic E-state index is -4.51. The summed E-state index contributed by atoms with van der Waals surface area (Å²) in [7, 11) is 0. The first kappa shape index (κ1) is 19.9. The van der Waals surface area contributed by atoms with Crippen molar-refractivity contribution in [2.75, 3.05) is 0 Å². The molecule has 0 spiro atoms. The van der Waals surface area contributed by atoms with Crippen molar-refractivity contribution in [2.45, 2.75) is 12.1 Å². The predicted molar refractivity (Wildman–Crippen MR) is 100 cm³/mol. The van der Waals surface area contributed by atoms with Crippen molar-refractivity contribution in [3.8, 4) is 11.1 Å². The number of carbonyl (C=O) groups excluding carboxylic acids is 1. The van der Waals surface area contributed by atoms with Crippen molar-refractivity contribution in [2.24, 2.45) is 0 Å². The van der Waals surface area contributed by atoms with Gasteiger partial charge in [-0.3, -0.25) is 10.0 Å². The Hall–Kier alpha value is -2.83. The van der Waals surface area contributed by atoms with E-state index < -0.39 is 23.6 Å². The summed E-state index contributed by atoms with van der Waals surface area (Å²) in [5.41, 5.74) is 3.27. The van der Waals surface area contributed by atoms with Crippen LogP contribution < -0.4 is 5.48 Å². The lowest BCUT2D eigenvalue weighted by Gasteiger charge is -2.16. The number of hydroxylamine groups is 1. The van der Waals surface area contributed by atoms with Crippen LogP contribution in [-0.2, 0) is 11.0 Å². The van der Waals surface area contributed by atoms with E-state index in [-0.39, 0.29) is 5.02 Å². The molecule has 3 rings (SSSR count). The second-order valence-electron chi connectivity index (χ2n) is 6.13. The highest BCUT2D eigenvalue weighted by Gasteiger charge is 2.33. The molecule has 3 aromatic carbocycles. The van der Waals surface area contributed by atoms with Gasteiger partial charge in [-0.05, 0) is 34.4 Å². The maximum Gasteiger partial charge on any atom is 0.417 e. The van der Waals surface area contributed by atoms with Gasteiger partial charge in [-0.1, -0.05) is 72.3 Å². The third kappa shape index (κ3) is 4.18. The van der Waals surface area contributed by atoms with Crippen LogP contribution in [0.4, 0.5) is 13.2 Å². The zero-order valence-corrected chi connectivity index (χ0v) is 15.1. The molecule has 7 heteroatoms. The van der Waals surface area contributed by atoms with E-state index >= 15 is 0 Å². The molecule has 1 atom stereocenters. The molecule has 3 nitrogen and oxygen atoms in total. The molecule has 1 unspecified atom stereocenters. The Morgan fingerprint density at radius 2 is 1.46 bits per heavy atom. The van der Waals surface area contributed by atoms with Crippen molar-refractivity contribution >= 4 is 17.5 Å². The summed E-state index contributed by atoms with van der Waals surface area (Å²) in [6, 6.07) is 19.2. The molecule has 0 aromatic heterocycles. The summed E-state index contributed by atoms with van der Waals surface area (Å²) in [5, 5.41) is 8.70. The zero-order valence-electron chi connectivity index (χ0n) is 14.4. The first-order chi connectivity index (χ1) is 13.3. The van der Waals surface area contributed by atoms with Crippen LogP contribution >= 0.6 is 11.6 Å². The topological polar surface area (TPSA) is 49.3 Å². The molecular weight excluding hydrogens is 391 g/mol. The van der Waals surface area contributed by atoms with E-state index in [1.807, 2.05) is 6.07 Å². The van der Waals surface area contributed by atoms with E-state index in [1.54, 1.807) is 54.0 Å². The Bertz CT molecular complexity index is 973. The molecular formula is C21H15ClF3NO2. The maximum atomic E-state index is 12.9. The average molecular weight is 406 g/mol. The van der Waals surface area contributed by atoms with Crippen molar-refractivity contribution in [3.05, 3.63) is 94.5 Å². The van der Waals surface area contributed by atoms with E-state index in [2.05, 4.69) is 0 Å². The molecule has 2 N–H and O–H groups in total. The van der Waals surface area contributed by atoms with Crippen LogP contribution in [0.25, 0.3) is 11.1 Å². The summed E-state index contributed by atoms with van der Waals surface area (Å²) in [5.74, 6) is -1.31. The number of rotatable bonds is 4. The zero-order chi connectivity index (χ0) is 20.3. The first-order valence-corrected chi connectivity index (χ1v) is 8.65. The van der Waals surface area contributed by atoms with Crippen LogP contribution in [0.5, 0.6) is 0 Å². The largest absolute Gasteiger partial charge is 0.417 e. The highest BCUT2D eigenvalue weighted by Crippen LogP contribution is 2.37. The van der Waals surface area contributed by atoms with E-state index in [0.29, 0.717) is 22.3 Å². The van der Waals surface area contributed by atoms with Gasteiger partial charge < -0.3 is 0 Å². The van der Waals surface area contributed by atoms with Gasteiger partial charge in [0, 0.05) is 0 Å². The second-order valence-corrected chi connectivity index (χ2v) is 6.54. The predicted octanol–water partition coefficient (Wildman–Crippen LogP) is 5.66. The number of alkyl halides is 3. The molecule has 0 heterocycles. The van der Waals surface area contributed by atoms with Crippen LogP contribution in [0.2, 0.25) is 5.02 Å². The number of carbonyl (C=O) groups is 1. The molecule has 0 bridgehead atoms. The molecule has 144 valence electrons. The molecule has 0 aliphatic heterocycles. The van der Waals surface area contributed by atoms with Crippen molar-refractivity contribution in [3.63, 3.8) is 0 Å². The monoisotopic (exact) mass is 405 g/mol. The van der Waals surface area contributed by atoms with Gasteiger partial charge >= 0.3 is 6.18 Å². The molecule has 0 radical (unpaired) electrons. The fourth-order valence-electron chi connectivity index (χ4n) is 3.00. The van der Waals surface area contributed by atoms with E-state index in [0.717, 1.165) is 6.07 Å². The van der Waals surface area contributed by atoms with Crippen molar-refractivity contribution < 1.29 is 23.2 Å². The van der Waals surface area contributed by atoms with E-state index in [1.165, 1.54) is 12.1 Å². The Morgan fingerprint density at radius 1 is 0.893 bits per heavy atom. The molecule has 0 saturated carbocycles. The van der Waals surface area contributed by atoms with Crippen LogP contribution in [0.1, 0.15) is 22.6 Å². The van der Waals surface area contributed by atoms with Gasteiger partial charge in [0.15, 0.2) is 0 Å². The summed E-state index contributed by atoms with van der Waals surface area (Å²) >= 11 is 5.79. The van der Waals surface area contributed by atoms with Gasteiger partial charge in [-0.2, -0.15) is 13.2 Å². The number of hydrogen-bond acceptors (Lipinski definition) is 2. The first-order valence-electron chi connectivity index (χ1n) is 8.27. The van der Waals surface area contributed by atoms with E-state index in [4.69, 9.17) is 16.8 Å². The lowest BCUT2D eigenvalue weighted by atomic mass is 9.89. The minimum Gasteiger partial charge on any atom is -0.289 e. The van der Waals surface area contributed by atoms with Crippen LogP contribution in [0, 0.1) is 0 Å². The standard InChI is InChI=1S/C21H15ClF3NO2/c22-18-12-16(10-11-17(18)21(23,24)25)13-6-8-15(9-7-13)19(20(27)26-28)14-4-2-1-3-5-14/h1-12,19,28H,(H,26,27). The van der Waals surface area contributed by atoms with Gasteiger partial charge in [-0.15, -0.1) is 0 Å². The van der Waals surface area contributed by atoms with Gasteiger partial charge in [0.2, 0.25) is 0 Å². The normalized spacial score (nSPS) is 12.5. The van der Waals surface area contributed by atoms with E-state index in [9.17, 15) is 18.0 Å². The fraction of sp³-hybridized carbons (Fsp3) is 0.0952. The van der Waals surface area contributed by atoms with Crippen LogP contribution in [-0.4, -0.2) is 11.1 Å². The Balaban J connectivity index is 1.94. The SMILES string of the molecule is O=C(NO)C(c1ccccc1)c1ccc(-c2ccc(C(F)(F)F)c(Cl)c2)cc1. The van der Waals surface area contributed by atoms with Crippen LogP contribution in [0.3, 0.4) is 0 Å². The minimum absolute atomic E-state index is 0.379. The highest BCUT2D eigenvalue weighted by atomic mass is 35.5. The van der Waals surface area contributed by atoms with Gasteiger partial charge in [0.1, 0.15) is 0 Å². The number of hydrogen-bond donors (Lipinski definition) is 2. The number of amides is 1. The van der Waals surface area contributed by atoms with Gasteiger partial charge in [-0.25, -0.2) is 5.48 Å². The number of benzene rings is 3. The smallest absolute Gasteiger partial charge is 0.289 e. The van der Waals surface area contributed by atoms with Gasteiger partial charge in [0.25, 0.3) is 5.91 Å². The molecule has 0 fully saturated rings. The lowest BCUT2D eigenvalue weighted by molar-refractivity contribution is -0.137. The van der Waals surface area contributed by atoms with Gasteiger partial charge in [0.05, 0.1) is 16.5 Å².